The summed E-state index contributed by atoms with van der Waals surface area (Å²) in [5.74, 6) is 1.27. The van der Waals surface area contributed by atoms with Crippen LogP contribution in [-0.4, -0.2) is 30.8 Å². The molecule has 1 heterocycles. The zero-order valence-electron chi connectivity index (χ0n) is 12.4. The largest absolute Gasteiger partial charge is 0.444 e. The van der Waals surface area contributed by atoms with Crippen LogP contribution in [0.15, 0.2) is 0 Å². The van der Waals surface area contributed by atoms with Crippen molar-refractivity contribution in [2.45, 2.75) is 59.1 Å². The summed E-state index contributed by atoms with van der Waals surface area (Å²) in [5, 5.41) is 6.37. The fourth-order valence-corrected chi connectivity index (χ4v) is 2.51. The van der Waals surface area contributed by atoms with E-state index < -0.39 is 5.60 Å². The van der Waals surface area contributed by atoms with E-state index in [0.29, 0.717) is 24.4 Å². The third-order valence-electron chi connectivity index (χ3n) is 3.36. The van der Waals surface area contributed by atoms with Crippen LogP contribution in [0.2, 0.25) is 0 Å². The molecule has 0 unspecified atom stereocenters. The molecule has 4 nitrogen and oxygen atoms in total. The number of carbonyl (C=O) groups is 1. The molecule has 0 bridgehead atoms. The highest BCUT2D eigenvalue weighted by atomic mass is 16.6. The number of nitrogens with one attached hydrogen (secondary N) is 2. The fraction of sp³-hybridized carbons (Fsp3) is 0.929. The Hall–Kier alpha value is -0.770. The molecule has 1 saturated heterocycles. The van der Waals surface area contributed by atoms with Crippen LogP contribution in [0.5, 0.6) is 0 Å². The molecule has 0 aromatic carbocycles. The summed E-state index contributed by atoms with van der Waals surface area (Å²) in [6.07, 6.45) is 2.15. The first-order valence-electron chi connectivity index (χ1n) is 7.00. The van der Waals surface area contributed by atoms with E-state index in [1.807, 2.05) is 20.8 Å². The van der Waals surface area contributed by atoms with E-state index in [-0.39, 0.29) is 6.09 Å². The van der Waals surface area contributed by atoms with Gasteiger partial charge in [-0.1, -0.05) is 13.8 Å². The van der Waals surface area contributed by atoms with Gasteiger partial charge in [0.05, 0.1) is 0 Å². The van der Waals surface area contributed by atoms with Crippen LogP contribution in [0, 0.1) is 11.8 Å². The average molecular weight is 256 g/mol. The van der Waals surface area contributed by atoms with Crippen molar-refractivity contribution in [3.05, 3.63) is 0 Å². The maximum absolute atomic E-state index is 11.6. The number of hydrogen-bond acceptors (Lipinski definition) is 3. The van der Waals surface area contributed by atoms with E-state index in [2.05, 4.69) is 24.5 Å². The Bertz CT molecular complexity index is 271. The lowest BCUT2D eigenvalue weighted by atomic mass is 9.82. The number of alkyl carbamates (subject to hydrolysis) is 1. The van der Waals surface area contributed by atoms with Crippen LogP contribution >= 0.6 is 0 Å². The van der Waals surface area contributed by atoms with Gasteiger partial charge in [0.2, 0.25) is 0 Å². The minimum atomic E-state index is -0.429. The molecule has 0 radical (unpaired) electrons. The maximum Gasteiger partial charge on any atom is 0.407 e. The van der Waals surface area contributed by atoms with Gasteiger partial charge in [-0.15, -0.1) is 0 Å². The summed E-state index contributed by atoms with van der Waals surface area (Å²) in [7, 11) is 0. The molecule has 1 aliphatic rings. The van der Waals surface area contributed by atoms with Gasteiger partial charge in [0, 0.05) is 12.6 Å². The number of carbonyl (C=O) groups excluding carboxylic acids is 1. The van der Waals surface area contributed by atoms with Crippen molar-refractivity contribution < 1.29 is 9.53 Å². The topological polar surface area (TPSA) is 50.4 Å². The molecular weight excluding hydrogens is 228 g/mol. The van der Waals surface area contributed by atoms with E-state index in [4.69, 9.17) is 4.74 Å². The lowest BCUT2D eigenvalue weighted by Gasteiger charge is -2.35. The number of rotatable bonds is 3. The van der Waals surface area contributed by atoms with Crippen LogP contribution in [0.3, 0.4) is 0 Å². The van der Waals surface area contributed by atoms with Crippen LogP contribution in [0.4, 0.5) is 4.79 Å². The lowest BCUT2D eigenvalue weighted by molar-refractivity contribution is 0.0511. The zero-order valence-corrected chi connectivity index (χ0v) is 12.4. The van der Waals surface area contributed by atoms with Gasteiger partial charge < -0.3 is 15.4 Å². The molecule has 0 aromatic rings. The van der Waals surface area contributed by atoms with Gasteiger partial charge in [0.15, 0.2) is 0 Å². The SMILES string of the molecule is CC(C)[C@@H]1CCCN[C@@H]1CNC(=O)OC(C)(C)C. The van der Waals surface area contributed by atoms with E-state index in [0.717, 1.165) is 6.54 Å². The molecule has 4 heteroatoms. The highest BCUT2D eigenvalue weighted by Crippen LogP contribution is 2.24. The molecule has 1 rings (SSSR count). The van der Waals surface area contributed by atoms with Crippen LogP contribution in [0.25, 0.3) is 0 Å². The molecule has 2 atom stereocenters. The molecule has 2 N–H and O–H groups in total. The number of ether oxygens (including phenoxy) is 1. The third kappa shape index (κ3) is 5.25. The summed E-state index contributed by atoms with van der Waals surface area (Å²) >= 11 is 0. The van der Waals surface area contributed by atoms with Crippen LogP contribution in [0.1, 0.15) is 47.5 Å². The molecule has 0 aliphatic carbocycles. The number of piperidine rings is 1. The molecule has 1 amide bonds. The van der Waals surface area contributed by atoms with Crippen molar-refractivity contribution in [3.8, 4) is 0 Å². The normalized spacial score (nSPS) is 25.0. The molecular formula is C14H28N2O2. The van der Waals surface area contributed by atoms with Crippen LogP contribution < -0.4 is 10.6 Å². The Kier molecular flexibility index (Phi) is 5.45. The standard InChI is InChI=1S/C14H28N2O2/c1-10(2)11-7-6-8-15-12(11)9-16-13(17)18-14(3,4)5/h10-12,15H,6-9H2,1-5H3,(H,16,17)/t11-,12+/m0/s1. The fourth-order valence-electron chi connectivity index (χ4n) is 2.51. The van der Waals surface area contributed by atoms with Gasteiger partial charge in [0.25, 0.3) is 0 Å². The summed E-state index contributed by atoms with van der Waals surface area (Å²) < 4.78 is 5.25. The predicted octanol–water partition coefficient (Wildman–Crippen LogP) is 2.54. The Morgan fingerprint density at radius 1 is 1.44 bits per heavy atom. The second-order valence-electron chi connectivity index (χ2n) is 6.49. The quantitative estimate of drug-likeness (QED) is 0.816. The molecule has 1 fully saturated rings. The van der Waals surface area contributed by atoms with E-state index in [9.17, 15) is 4.79 Å². The predicted molar refractivity (Wildman–Crippen MR) is 73.6 cm³/mol. The van der Waals surface area contributed by atoms with Gasteiger partial charge in [-0.3, -0.25) is 0 Å². The second kappa shape index (κ2) is 6.41. The van der Waals surface area contributed by atoms with Crippen molar-refractivity contribution in [3.63, 3.8) is 0 Å². The Morgan fingerprint density at radius 3 is 2.67 bits per heavy atom. The van der Waals surface area contributed by atoms with Crippen molar-refractivity contribution in [1.29, 1.82) is 0 Å². The third-order valence-corrected chi connectivity index (χ3v) is 3.36. The first-order valence-corrected chi connectivity index (χ1v) is 7.00. The Balaban J connectivity index is 2.39. The van der Waals surface area contributed by atoms with Gasteiger partial charge in [-0.2, -0.15) is 0 Å². The Labute approximate surface area is 111 Å². The van der Waals surface area contributed by atoms with Crippen molar-refractivity contribution >= 4 is 6.09 Å². The number of amides is 1. The second-order valence-corrected chi connectivity index (χ2v) is 6.49. The first kappa shape index (κ1) is 15.3. The summed E-state index contributed by atoms with van der Waals surface area (Å²) in [5.41, 5.74) is -0.429. The summed E-state index contributed by atoms with van der Waals surface area (Å²) in [4.78, 5) is 11.6. The van der Waals surface area contributed by atoms with Gasteiger partial charge >= 0.3 is 6.09 Å². The molecule has 1 aliphatic heterocycles. The zero-order chi connectivity index (χ0) is 13.8. The molecule has 0 saturated carbocycles. The summed E-state index contributed by atoms with van der Waals surface area (Å²) in [6.45, 7) is 11.8. The van der Waals surface area contributed by atoms with Crippen molar-refractivity contribution in [1.82, 2.24) is 10.6 Å². The van der Waals surface area contributed by atoms with Crippen molar-refractivity contribution in [2.75, 3.05) is 13.1 Å². The van der Waals surface area contributed by atoms with E-state index >= 15 is 0 Å². The first-order chi connectivity index (χ1) is 8.29. The maximum atomic E-state index is 11.6. The summed E-state index contributed by atoms with van der Waals surface area (Å²) in [6, 6.07) is 0.367. The molecule has 18 heavy (non-hydrogen) atoms. The van der Waals surface area contributed by atoms with E-state index in [1.54, 1.807) is 0 Å². The average Bonchev–Trinajstić information content (AvgIpc) is 2.24. The molecule has 106 valence electrons. The molecule has 0 spiro atoms. The highest BCUT2D eigenvalue weighted by molar-refractivity contribution is 5.67. The lowest BCUT2D eigenvalue weighted by Crippen LogP contribution is -2.50. The van der Waals surface area contributed by atoms with Crippen molar-refractivity contribution in [2.24, 2.45) is 11.8 Å². The van der Waals surface area contributed by atoms with Gasteiger partial charge in [0.1, 0.15) is 5.60 Å². The minimum absolute atomic E-state index is 0.322. The van der Waals surface area contributed by atoms with E-state index in [1.165, 1.54) is 12.8 Å². The highest BCUT2D eigenvalue weighted by Gasteiger charge is 2.27. The van der Waals surface area contributed by atoms with Gasteiger partial charge in [-0.05, 0) is 52.0 Å². The van der Waals surface area contributed by atoms with Crippen LogP contribution in [-0.2, 0) is 4.74 Å². The number of hydrogen-bond donors (Lipinski definition) is 2. The molecule has 0 aromatic heterocycles. The Morgan fingerprint density at radius 2 is 2.11 bits per heavy atom. The minimum Gasteiger partial charge on any atom is -0.444 e. The monoisotopic (exact) mass is 256 g/mol. The van der Waals surface area contributed by atoms with Gasteiger partial charge in [-0.25, -0.2) is 4.79 Å². The smallest absolute Gasteiger partial charge is 0.407 e.